The van der Waals surface area contributed by atoms with Crippen LogP contribution in [0.2, 0.25) is 0 Å². The van der Waals surface area contributed by atoms with Gasteiger partial charge in [0.25, 0.3) is 0 Å². The van der Waals surface area contributed by atoms with E-state index in [2.05, 4.69) is 10.1 Å². The Hall–Kier alpha value is -2.81. The Kier molecular flexibility index (Phi) is 5.73. The van der Waals surface area contributed by atoms with Crippen LogP contribution >= 0.6 is 0 Å². The van der Waals surface area contributed by atoms with Crippen LogP contribution in [0.1, 0.15) is 22.6 Å². The van der Waals surface area contributed by atoms with Crippen molar-refractivity contribution in [3.05, 3.63) is 53.1 Å². The Labute approximate surface area is 159 Å². The zero-order valence-electron chi connectivity index (χ0n) is 15.7. The van der Waals surface area contributed by atoms with Crippen LogP contribution in [0.15, 0.2) is 39.5 Å². The van der Waals surface area contributed by atoms with E-state index in [9.17, 15) is 13.2 Å². The average molecular weight is 395 g/mol. The number of ether oxygens (including phenoxy) is 1. The molecule has 9 heteroatoms. The largest absolute Gasteiger partial charge is 0.484 e. The number of aryl methyl sites for hydroxylation is 2. The maximum absolute atomic E-state index is 12.4. The second kappa shape index (κ2) is 8.05. The Morgan fingerprint density at radius 3 is 2.46 bits per heavy atom. The number of halogens is 3. The van der Waals surface area contributed by atoms with Crippen molar-refractivity contribution in [3.63, 3.8) is 0 Å². The monoisotopic (exact) mass is 395 g/mol. The molecule has 28 heavy (non-hydrogen) atoms. The molecular weight excluding hydrogens is 375 g/mol. The zero-order chi connectivity index (χ0) is 20.3. The lowest BCUT2D eigenvalue weighted by Gasteiger charge is -2.18. The van der Waals surface area contributed by atoms with Gasteiger partial charge in [-0.05, 0) is 49.7 Å². The summed E-state index contributed by atoms with van der Waals surface area (Å²) in [5.74, 6) is 1.61. The fourth-order valence-electron chi connectivity index (χ4n) is 2.94. The summed E-state index contributed by atoms with van der Waals surface area (Å²) in [6.45, 7) is 3.13. The Morgan fingerprint density at radius 2 is 1.86 bits per heavy atom. The van der Waals surface area contributed by atoms with Gasteiger partial charge < -0.3 is 13.7 Å². The molecule has 150 valence electrons. The van der Waals surface area contributed by atoms with E-state index in [1.807, 2.05) is 24.1 Å². The van der Waals surface area contributed by atoms with Gasteiger partial charge in [0.2, 0.25) is 11.7 Å². The van der Waals surface area contributed by atoms with Gasteiger partial charge in [0.15, 0.2) is 12.4 Å². The quantitative estimate of drug-likeness (QED) is 0.586. The molecule has 0 radical (unpaired) electrons. The number of benzene rings is 1. The molecule has 0 unspecified atom stereocenters. The molecule has 0 aliphatic heterocycles. The van der Waals surface area contributed by atoms with Crippen molar-refractivity contribution in [2.24, 2.45) is 0 Å². The third-order valence-corrected chi connectivity index (χ3v) is 3.97. The fraction of sp³-hybridized carbons (Fsp3) is 0.368. The number of hydrogen-bond donors (Lipinski definition) is 0. The molecule has 6 nitrogen and oxygen atoms in total. The highest BCUT2D eigenvalue weighted by atomic mass is 19.4. The average Bonchev–Trinajstić information content (AvgIpc) is 3.23. The Bertz CT molecular complexity index is 897. The SMILES string of the molecule is Cc1cc(CN(C)Cc2nc(-c3ccco3)no2)cc(C)c1OCC(F)(F)F. The van der Waals surface area contributed by atoms with Gasteiger partial charge in [0, 0.05) is 6.54 Å². The van der Waals surface area contributed by atoms with Gasteiger partial charge in [-0.15, -0.1) is 0 Å². The summed E-state index contributed by atoms with van der Waals surface area (Å²) < 4.78 is 52.6. The Balaban J connectivity index is 1.63. The van der Waals surface area contributed by atoms with E-state index in [0.717, 1.165) is 5.56 Å². The number of nitrogens with zero attached hydrogens (tertiary/aromatic N) is 3. The van der Waals surface area contributed by atoms with Gasteiger partial charge in [-0.2, -0.15) is 18.2 Å². The minimum Gasteiger partial charge on any atom is -0.484 e. The third-order valence-electron chi connectivity index (χ3n) is 3.97. The molecule has 0 saturated carbocycles. The van der Waals surface area contributed by atoms with E-state index in [1.54, 1.807) is 26.0 Å². The van der Waals surface area contributed by atoms with E-state index >= 15 is 0 Å². The highest BCUT2D eigenvalue weighted by Gasteiger charge is 2.29. The van der Waals surface area contributed by atoms with E-state index < -0.39 is 12.8 Å². The lowest BCUT2D eigenvalue weighted by atomic mass is 10.1. The van der Waals surface area contributed by atoms with E-state index in [0.29, 0.717) is 41.7 Å². The van der Waals surface area contributed by atoms with Gasteiger partial charge in [-0.1, -0.05) is 17.3 Å². The van der Waals surface area contributed by atoms with Gasteiger partial charge in [-0.3, -0.25) is 4.90 Å². The van der Waals surface area contributed by atoms with Crippen molar-refractivity contribution in [3.8, 4) is 17.3 Å². The number of furan rings is 1. The van der Waals surface area contributed by atoms with Crippen LogP contribution in [-0.2, 0) is 13.1 Å². The molecule has 0 atom stereocenters. The lowest BCUT2D eigenvalue weighted by molar-refractivity contribution is -0.153. The first-order valence-electron chi connectivity index (χ1n) is 8.56. The third kappa shape index (κ3) is 5.13. The molecule has 0 aliphatic rings. The van der Waals surface area contributed by atoms with Crippen molar-refractivity contribution in [1.82, 2.24) is 15.0 Å². The first-order valence-corrected chi connectivity index (χ1v) is 8.56. The van der Waals surface area contributed by atoms with Crippen LogP contribution in [0.5, 0.6) is 5.75 Å². The first kappa shape index (κ1) is 19.9. The van der Waals surface area contributed by atoms with Crippen molar-refractivity contribution >= 4 is 0 Å². The predicted molar refractivity (Wildman–Crippen MR) is 94.6 cm³/mol. The molecule has 0 aliphatic carbocycles. The zero-order valence-corrected chi connectivity index (χ0v) is 15.7. The summed E-state index contributed by atoms with van der Waals surface area (Å²) in [4.78, 5) is 6.25. The van der Waals surface area contributed by atoms with Gasteiger partial charge >= 0.3 is 6.18 Å². The van der Waals surface area contributed by atoms with Crippen LogP contribution in [0, 0.1) is 13.8 Å². The standard InChI is InChI=1S/C19H20F3N3O3/c1-12-7-14(8-13(2)17(12)27-11-19(20,21)22)9-25(3)10-16-23-18(24-28-16)15-5-4-6-26-15/h4-8H,9-11H2,1-3H3. The molecule has 0 N–H and O–H groups in total. The normalized spacial score (nSPS) is 12.0. The summed E-state index contributed by atoms with van der Waals surface area (Å²) in [6, 6.07) is 7.12. The maximum Gasteiger partial charge on any atom is 0.422 e. The molecular formula is C19H20F3N3O3. The summed E-state index contributed by atoms with van der Waals surface area (Å²) >= 11 is 0. The molecule has 0 amide bonds. The van der Waals surface area contributed by atoms with E-state index in [4.69, 9.17) is 13.7 Å². The van der Waals surface area contributed by atoms with Crippen molar-refractivity contribution < 1.29 is 26.8 Å². The van der Waals surface area contributed by atoms with E-state index in [1.165, 1.54) is 6.26 Å². The number of rotatable bonds is 7. The number of alkyl halides is 3. The number of hydrogen-bond acceptors (Lipinski definition) is 6. The van der Waals surface area contributed by atoms with Crippen LogP contribution in [0.25, 0.3) is 11.6 Å². The maximum atomic E-state index is 12.4. The molecule has 0 fully saturated rings. The van der Waals surface area contributed by atoms with Crippen LogP contribution in [0.4, 0.5) is 13.2 Å². The smallest absolute Gasteiger partial charge is 0.422 e. The second-order valence-electron chi connectivity index (χ2n) is 6.62. The second-order valence-corrected chi connectivity index (χ2v) is 6.62. The van der Waals surface area contributed by atoms with Crippen LogP contribution in [0.3, 0.4) is 0 Å². The van der Waals surface area contributed by atoms with Crippen molar-refractivity contribution in [1.29, 1.82) is 0 Å². The fourth-order valence-corrected chi connectivity index (χ4v) is 2.94. The highest BCUT2D eigenvalue weighted by molar-refractivity contribution is 5.45. The molecule has 0 bridgehead atoms. The van der Waals surface area contributed by atoms with Gasteiger partial charge in [0.1, 0.15) is 5.75 Å². The Morgan fingerprint density at radius 1 is 1.14 bits per heavy atom. The lowest BCUT2D eigenvalue weighted by Crippen LogP contribution is -2.20. The van der Waals surface area contributed by atoms with Gasteiger partial charge in [0.05, 0.1) is 12.8 Å². The van der Waals surface area contributed by atoms with Crippen molar-refractivity contribution in [2.45, 2.75) is 33.1 Å². The molecule has 0 saturated heterocycles. The topological polar surface area (TPSA) is 64.5 Å². The summed E-state index contributed by atoms with van der Waals surface area (Å²) in [5.41, 5.74) is 2.26. The summed E-state index contributed by atoms with van der Waals surface area (Å²) in [6.07, 6.45) is -2.83. The number of aromatic nitrogens is 2. The molecule has 1 aromatic carbocycles. The predicted octanol–water partition coefficient (Wildman–Crippen LogP) is 4.52. The molecule has 2 heterocycles. The molecule has 2 aromatic heterocycles. The van der Waals surface area contributed by atoms with Crippen molar-refractivity contribution in [2.75, 3.05) is 13.7 Å². The van der Waals surface area contributed by atoms with Crippen LogP contribution < -0.4 is 4.74 Å². The summed E-state index contributed by atoms with van der Waals surface area (Å²) in [7, 11) is 1.88. The van der Waals surface area contributed by atoms with Gasteiger partial charge in [-0.25, -0.2) is 0 Å². The van der Waals surface area contributed by atoms with Crippen LogP contribution in [-0.4, -0.2) is 34.9 Å². The minimum absolute atomic E-state index is 0.267. The molecule has 3 rings (SSSR count). The minimum atomic E-state index is -4.36. The molecule has 3 aromatic rings. The first-order chi connectivity index (χ1) is 13.2. The highest BCUT2D eigenvalue weighted by Crippen LogP contribution is 2.27. The summed E-state index contributed by atoms with van der Waals surface area (Å²) in [5, 5.41) is 3.88. The van der Waals surface area contributed by atoms with E-state index in [-0.39, 0.29) is 5.75 Å². The molecule has 0 spiro atoms.